The van der Waals surface area contributed by atoms with Crippen LogP contribution >= 0.6 is 11.3 Å². The van der Waals surface area contributed by atoms with Crippen LogP contribution in [0.5, 0.6) is 0 Å². The van der Waals surface area contributed by atoms with E-state index in [4.69, 9.17) is 4.98 Å². The van der Waals surface area contributed by atoms with Gasteiger partial charge in [0, 0.05) is 18.3 Å². The molecule has 1 aromatic heterocycles. The lowest BCUT2D eigenvalue weighted by atomic mass is 10.1. The molecule has 0 saturated carbocycles. The Morgan fingerprint density at radius 2 is 1.73 bits per heavy atom. The highest BCUT2D eigenvalue weighted by atomic mass is 32.1. The van der Waals surface area contributed by atoms with Crippen molar-refractivity contribution >= 4 is 44.1 Å². The van der Waals surface area contributed by atoms with Crippen LogP contribution in [0.15, 0.2) is 36.4 Å². The number of rotatable bonds is 5. The van der Waals surface area contributed by atoms with Crippen molar-refractivity contribution in [3.8, 4) is 0 Å². The summed E-state index contributed by atoms with van der Waals surface area (Å²) in [7, 11) is 1.86. The second kappa shape index (κ2) is 7.25. The van der Waals surface area contributed by atoms with Gasteiger partial charge < -0.3 is 10.2 Å². The first kappa shape index (κ1) is 18.1. The third-order valence-electron chi connectivity index (χ3n) is 4.21. The van der Waals surface area contributed by atoms with E-state index in [2.05, 4.69) is 24.4 Å². The SMILES string of the molecule is CC(=O)c1ccc(NC(=O)CN(C)c2nc3c(C)ccc(C)c3s2)cc1. The summed E-state index contributed by atoms with van der Waals surface area (Å²) in [5.41, 5.74) is 4.62. The Balaban J connectivity index is 1.70. The van der Waals surface area contributed by atoms with Gasteiger partial charge in [0.1, 0.15) is 0 Å². The topological polar surface area (TPSA) is 62.3 Å². The molecule has 0 saturated heterocycles. The molecule has 1 heterocycles. The Morgan fingerprint density at radius 1 is 1.08 bits per heavy atom. The Labute approximate surface area is 156 Å². The number of aromatic nitrogens is 1. The highest BCUT2D eigenvalue weighted by Gasteiger charge is 2.14. The van der Waals surface area contributed by atoms with Gasteiger partial charge in [-0.3, -0.25) is 9.59 Å². The molecule has 6 heteroatoms. The molecular formula is C20H21N3O2S. The van der Waals surface area contributed by atoms with E-state index in [1.807, 2.05) is 18.9 Å². The standard InChI is InChI=1S/C20H21N3O2S/c1-12-5-6-13(2)19-18(12)22-20(26-19)23(4)11-17(25)21-16-9-7-15(8-10-16)14(3)24/h5-10H,11H2,1-4H3,(H,21,25). The molecule has 26 heavy (non-hydrogen) atoms. The number of amides is 1. The zero-order chi connectivity index (χ0) is 18.8. The van der Waals surface area contributed by atoms with E-state index in [1.165, 1.54) is 12.5 Å². The van der Waals surface area contributed by atoms with Crippen molar-refractivity contribution in [1.29, 1.82) is 0 Å². The van der Waals surface area contributed by atoms with Crippen LogP contribution in [-0.4, -0.2) is 30.3 Å². The fourth-order valence-corrected chi connectivity index (χ4v) is 3.76. The van der Waals surface area contributed by atoms with E-state index < -0.39 is 0 Å². The molecule has 2 aromatic carbocycles. The molecular weight excluding hydrogens is 346 g/mol. The molecule has 0 aliphatic heterocycles. The first-order chi connectivity index (χ1) is 12.3. The third kappa shape index (κ3) is 3.75. The first-order valence-electron chi connectivity index (χ1n) is 8.34. The second-order valence-corrected chi connectivity index (χ2v) is 7.39. The number of thiazole rings is 1. The van der Waals surface area contributed by atoms with E-state index in [9.17, 15) is 9.59 Å². The normalized spacial score (nSPS) is 10.8. The lowest BCUT2D eigenvalue weighted by Crippen LogP contribution is -2.29. The van der Waals surface area contributed by atoms with Gasteiger partial charge in [-0.1, -0.05) is 23.5 Å². The lowest BCUT2D eigenvalue weighted by Gasteiger charge is -2.15. The molecule has 1 N–H and O–H groups in total. The second-order valence-electron chi connectivity index (χ2n) is 6.41. The number of benzene rings is 2. The van der Waals surface area contributed by atoms with Crippen LogP contribution < -0.4 is 10.2 Å². The number of nitrogens with one attached hydrogen (secondary N) is 1. The summed E-state index contributed by atoms with van der Waals surface area (Å²) < 4.78 is 1.16. The molecule has 0 aliphatic rings. The molecule has 1 amide bonds. The van der Waals surface area contributed by atoms with Gasteiger partial charge in [0.25, 0.3) is 0 Å². The molecule has 0 bridgehead atoms. The fourth-order valence-electron chi connectivity index (χ4n) is 2.68. The Morgan fingerprint density at radius 3 is 2.35 bits per heavy atom. The first-order valence-corrected chi connectivity index (χ1v) is 9.15. The van der Waals surface area contributed by atoms with Gasteiger partial charge in [0.2, 0.25) is 5.91 Å². The summed E-state index contributed by atoms with van der Waals surface area (Å²) in [6.07, 6.45) is 0. The minimum absolute atomic E-state index is 0.00373. The summed E-state index contributed by atoms with van der Waals surface area (Å²) in [6.45, 7) is 5.83. The highest BCUT2D eigenvalue weighted by molar-refractivity contribution is 7.22. The number of carbonyl (C=O) groups excluding carboxylic acids is 2. The van der Waals surface area contributed by atoms with E-state index in [1.54, 1.807) is 35.6 Å². The number of hydrogen-bond donors (Lipinski definition) is 1. The zero-order valence-electron chi connectivity index (χ0n) is 15.3. The smallest absolute Gasteiger partial charge is 0.243 e. The molecule has 0 unspecified atom stereocenters. The maximum Gasteiger partial charge on any atom is 0.243 e. The maximum absolute atomic E-state index is 12.3. The number of Topliss-reactive ketones (excluding diaryl/α,β-unsaturated/α-hetero) is 1. The number of carbonyl (C=O) groups is 2. The van der Waals surface area contributed by atoms with Crippen LogP contribution in [0, 0.1) is 13.8 Å². The predicted octanol–water partition coefficient (Wildman–Crippen LogP) is 4.19. The summed E-state index contributed by atoms with van der Waals surface area (Å²) in [5.74, 6) is -0.125. The Kier molecular flexibility index (Phi) is 5.04. The Bertz CT molecular complexity index is 938. The molecule has 0 spiro atoms. The number of fused-ring (bicyclic) bond motifs is 1. The number of nitrogens with zero attached hydrogens (tertiary/aromatic N) is 2. The summed E-state index contributed by atoms with van der Waals surface area (Å²) in [6, 6.07) is 11.1. The van der Waals surface area contributed by atoms with Crippen LogP contribution in [0.2, 0.25) is 0 Å². The van der Waals surface area contributed by atoms with Gasteiger partial charge in [-0.05, 0) is 56.2 Å². The van der Waals surface area contributed by atoms with Crippen molar-refractivity contribution in [2.75, 3.05) is 23.8 Å². The van der Waals surface area contributed by atoms with Gasteiger partial charge in [0.15, 0.2) is 10.9 Å². The largest absolute Gasteiger partial charge is 0.342 e. The number of ketones is 1. The third-order valence-corrected chi connectivity index (χ3v) is 5.52. The minimum Gasteiger partial charge on any atom is -0.342 e. The van der Waals surface area contributed by atoms with Crippen LogP contribution in [0.4, 0.5) is 10.8 Å². The predicted molar refractivity (Wildman–Crippen MR) is 107 cm³/mol. The molecule has 0 radical (unpaired) electrons. The molecule has 5 nitrogen and oxygen atoms in total. The van der Waals surface area contributed by atoms with Crippen molar-refractivity contribution in [1.82, 2.24) is 4.98 Å². The van der Waals surface area contributed by atoms with Crippen molar-refractivity contribution in [3.63, 3.8) is 0 Å². The highest BCUT2D eigenvalue weighted by Crippen LogP contribution is 2.32. The average molecular weight is 367 g/mol. The van der Waals surface area contributed by atoms with Crippen LogP contribution in [0.3, 0.4) is 0 Å². The number of likely N-dealkylation sites (N-methyl/N-ethyl adjacent to an activating group) is 1. The van der Waals surface area contributed by atoms with Crippen LogP contribution in [0.1, 0.15) is 28.4 Å². The van der Waals surface area contributed by atoms with Gasteiger partial charge in [-0.2, -0.15) is 0 Å². The van der Waals surface area contributed by atoms with E-state index in [-0.39, 0.29) is 18.2 Å². The van der Waals surface area contributed by atoms with E-state index in [0.29, 0.717) is 11.3 Å². The molecule has 0 atom stereocenters. The number of anilines is 2. The van der Waals surface area contributed by atoms with Crippen molar-refractivity contribution in [2.24, 2.45) is 0 Å². The van der Waals surface area contributed by atoms with Gasteiger partial charge in [0.05, 0.1) is 16.8 Å². The van der Waals surface area contributed by atoms with Crippen LogP contribution in [-0.2, 0) is 4.79 Å². The molecule has 3 rings (SSSR count). The van der Waals surface area contributed by atoms with Crippen molar-refractivity contribution in [2.45, 2.75) is 20.8 Å². The minimum atomic E-state index is -0.129. The summed E-state index contributed by atoms with van der Waals surface area (Å²) in [4.78, 5) is 30.2. The average Bonchev–Trinajstić information content (AvgIpc) is 3.05. The van der Waals surface area contributed by atoms with E-state index in [0.717, 1.165) is 20.9 Å². The number of hydrogen-bond acceptors (Lipinski definition) is 5. The van der Waals surface area contributed by atoms with Gasteiger partial charge in [-0.15, -0.1) is 0 Å². The van der Waals surface area contributed by atoms with Gasteiger partial charge in [-0.25, -0.2) is 4.98 Å². The fraction of sp³-hybridized carbons (Fsp3) is 0.250. The summed E-state index contributed by atoms with van der Waals surface area (Å²) in [5, 5.41) is 3.67. The van der Waals surface area contributed by atoms with E-state index >= 15 is 0 Å². The molecule has 0 fully saturated rings. The molecule has 3 aromatic rings. The molecule has 134 valence electrons. The lowest BCUT2D eigenvalue weighted by molar-refractivity contribution is -0.114. The molecule has 0 aliphatic carbocycles. The zero-order valence-corrected chi connectivity index (χ0v) is 16.1. The maximum atomic E-state index is 12.3. The monoisotopic (exact) mass is 367 g/mol. The van der Waals surface area contributed by atoms with Gasteiger partial charge >= 0.3 is 0 Å². The number of aryl methyl sites for hydroxylation is 2. The van der Waals surface area contributed by atoms with Crippen LogP contribution in [0.25, 0.3) is 10.2 Å². The van der Waals surface area contributed by atoms with Crippen molar-refractivity contribution < 1.29 is 9.59 Å². The Hall–Kier alpha value is -2.73. The van der Waals surface area contributed by atoms with Crippen molar-refractivity contribution in [3.05, 3.63) is 53.1 Å². The summed E-state index contributed by atoms with van der Waals surface area (Å²) >= 11 is 1.60. The quantitative estimate of drug-likeness (QED) is 0.687.